The summed E-state index contributed by atoms with van der Waals surface area (Å²) in [4.78, 5) is 23.7. The largest absolute Gasteiger partial charge is 0.423 e. The van der Waals surface area contributed by atoms with Gasteiger partial charge in [0.15, 0.2) is 5.76 Å². The zero-order chi connectivity index (χ0) is 13.7. The Morgan fingerprint density at radius 3 is 2.21 bits per heavy atom. The van der Waals surface area contributed by atoms with E-state index in [1.807, 2.05) is 18.2 Å². The summed E-state index contributed by atoms with van der Waals surface area (Å²) in [6, 6.07) is 8.97. The van der Waals surface area contributed by atoms with Crippen LogP contribution in [0.2, 0.25) is 0 Å². The van der Waals surface area contributed by atoms with Gasteiger partial charge >= 0.3 is 5.97 Å². The lowest BCUT2D eigenvalue weighted by atomic mass is 9.92. The topological polar surface area (TPSA) is 43.4 Å². The molecule has 1 aliphatic rings. The minimum Gasteiger partial charge on any atom is -0.423 e. The number of hydrogen-bond donors (Lipinski definition) is 0. The van der Waals surface area contributed by atoms with Gasteiger partial charge in [0.2, 0.25) is 5.78 Å². The maximum Gasteiger partial charge on any atom is 0.308 e. The highest BCUT2D eigenvalue weighted by Crippen LogP contribution is 2.28. The summed E-state index contributed by atoms with van der Waals surface area (Å²) >= 11 is 0. The number of carbonyl (C=O) groups is 2. The lowest BCUT2D eigenvalue weighted by molar-refractivity contribution is -0.136. The van der Waals surface area contributed by atoms with Gasteiger partial charge in [0, 0.05) is 12.5 Å². The number of Topliss-reactive ketones (excluding diaryl/α,β-unsaturated/α-hetero) is 1. The van der Waals surface area contributed by atoms with Crippen LogP contribution in [-0.4, -0.2) is 11.8 Å². The first-order valence-electron chi connectivity index (χ1n) is 6.68. The molecule has 1 saturated carbocycles. The highest BCUT2D eigenvalue weighted by molar-refractivity contribution is 6.08. The molecule has 0 aliphatic heterocycles. The molecular formula is C16H18O3. The van der Waals surface area contributed by atoms with Crippen molar-refractivity contribution >= 4 is 11.8 Å². The van der Waals surface area contributed by atoms with Crippen molar-refractivity contribution in [3.8, 4) is 0 Å². The number of esters is 1. The Kier molecular flexibility index (Phi) is 4.50. The van der Waals surface area contributed by atoms with Crippen LogP contribution in [0.1, 0.15) is 49.4 Å². The number of ketones is 1. The Bertz CT molecular complexity index is 492. The van der Waals surface area contributed by atoms with Crippen LogP contribution >= 0.6 is 0 Å². The maximum absolute atomic E-state index is 12.4. The molecule has 19 heavy (non-hydrogen) atoms. The lowest BCUT2D eigenvalue weighted by Crippen LogP contribution is -2.14. The number of hydrogen-bond acceptors (Lipinski definition) is 3. The fourth-order valence-electron chi connectivity index (χ4n) is 2.35. The fraction of sp³-hybridized carbons (Fsp3) is 0.375. The van der Waals surface area contributed by atoms with Crippen LogP contribution in [-0.2, 0) is 9.53 Å². The molecule has 1 aromatic carbocycles. The quantitative estimate of drug-likeness (QED) is 0.360. The van der Waals surface area contributed by atoms with Crippen molar-refractivity contribution < 1.29 is 14.3 Å². The third-order valence-electron chi connectivity index (χ3n) is 3.27. The summed E-state index contributed by atoms with van der Waals surface area (Å²) < 4.78 is 5.20. The molecule has 0 aromatic heterocycles. The van der Waals surface area contributed by atoms with Crippen molar-refractivity contribution in [3.63, 3.8) is 0 Å². The Hall–Kier alpha value is -1.90. The summed E-state index contributed by atoms with van der Waals surface area (Å²) in [7, 11) is 0. The number of benzene rings is 1. The molecule has 0 bridgehead atoms. The Labute approximate surface area is 113 Å². The van der Waals surface area contributed by atoms with E-state index in [-0.39, 0.29) is 11.5 Å². The number of rotatable bonds is 3. The van der Waals surface area contributed by atoms with E-state index in [4.69, 9.17) is 4.74 Å². The van der Waals surface area contributed by atoms with E-state index in [0.717, 1.165) is 31.3 Å². The molecule has 100 valence electrons. The second-order valence-corrected chi connectivity index (χ2v) is 4.78. The first kappa shape index (κ1) is 13.5. The van der Waals surface area contributed by atoms with Gasteiger partial charge in [0.1, 0.15) is 0 Å². The maximum atomic E-state index is 12.4. The van der Waals surface area contributed by atoms with Gasteiger partial charge in [-0.3, -0.25) is 9.59 Å². The SMILES string of the molecule is CC(=O)OC(C(=O)c1ccccc1)=C1CCCCC1. The van der Waals surface area contributed by atoms with Gasteiger partial charge in [-0.2, -0.15) is 0 Å². The fourth-order valence-corrected chi connectivity index (χ4v) is 2.35. The molecule has 0 N–H and O–H groups in total. The van der Waals surface area contributed by atoms with Gasteiger partial charge in [0.05, 0.1) is 0 Å². The Balaban J connectivity index is 2.32. The van der Waals surface area contributed by atoms with E-state index in [9.17, 15) is 9.59 Å². The molecular weight excluding hydrogens is 240 g/mol. The second-order valence-electron chi connectivity index (χ2n) is 4.78. The predicted molar refractivity (Wildman–Crippen MR) is 72.6 cm³/mol. The number of carbonyl (C=O) groups excluding carboxylic acids is 2. The molecule has 1 fully saturated rings. The molecule has 0 atom stereocenters. The Morgan fingerprint density at radius 2 is 1.63 bits per heavy atom. The van der Waals surface area contributed by atoms with Crippen LogP contribution in [0.3, 0.4) is 0 Å². The summed E-state index contributed by atoms with van der Waals surface area (Å²) in [6.07, 6.45) is 4.99. The molecule has 0 saturated heterocycles. The van der Waals surface area contributed by atoms with Gasteiger partial charge < -0.3 is 4.74 Å². The van der Waals surface area contributed by atoms with Crippen molar-refractivity contribution in [1.82, 2.24) is 0 Å². The van der Waals surface area contributed by atoms with Crippen LogP contribution in [0, 0.1) is 0 Å². The predicted octanol–water partition coefficient (Wildman–Crippen LogP) is 3.65. The number of ether oxygens (including phenoxy) is 1. The minimum absolute atomic E-state index is 0.187. The van der Waals surface area contributed by atoms with Crippen molar-refractivity contribution in [1.29, 1.82) is 0 Å². The summed E-state index contributed by atoms with van der Waals surface area (Å²) in [5.41, 5.74) is 1.55. The van der Waals surface area contributed by atoms with Gasteiger partial charge in [0.25, 0.3) is 0 Å². The molecule has 2 rings (SSSR count). The van der Waals surface area contributed by atoms with Crippen molar-refractivity contribution in [2.24, 2.45) is 0 Å². The normalized spacial score (nSPS) is 14.9. The van der Waals surface area contributed by atoms with E-state index in [1.54, 1.807) is 12.1 Å². The average molecular weight is 258 g/mol. The van der Waals surface area contributed by atoms with Crippen LogP contribution in [0.4, 0.5) is 0 Å². The average Bonchev–Trinajstić information content (AvgIpc) is 2.46. The van der Waals surface area contributed by atoms with Crippen LogP contribution < -0.4 is 0 Å². The third-order valence-corrected chi connectivity index (χ3v) is 3.27. The van der Waals surface area contributed by atoms with E-state index in [0.29, 0.717) is 5.56 Å². The third kappa shape index (κ3) is 3.53. The first-order chi connectivity index (χ1) is 9.18. The van der Waals surface area contributed by atoms with Crippen LogP contribution in [0.5, 0.6) is 0 Å². The smallest absolute Gasteiger partial charge is 0.308 e. The monoisotopic (exact) mass is 258 g/mol. The second kappa shape index (κ2) is 6.32. The van der Waals surface area contributed by atoms with Gasteiger partial charge in [-0.15, -0.1) is 0 Å². The lowest BCUT2D eigenvalue weighted by Gasteiger charge is -2.17. The van der Waals surface area contributed by atoms with Gasteiger partial charge in [-0.05, 0) is 31.3 Å². The summed E-state index contributed by atoms with van der Waals surface area (Å²) in [5.74, 6) is -0.372. The highest BCUT2D eigenvalue weighted by Gasteiger charge is 2.21. The van der Waals surface area contributed by atoms with Crippen molar-refractivity contribution in [3.05, 3.63) is 47.2 Å². The summed E-state index contributed by atoms with van der Waals surface area (Å²) in [6.45, 7) is 1.33. The molecule has 3 nitrogen and oxygen atoms in total. The highest BCUT2D eigenvalue weighted by atomic mass is 16.5. The zero-order valence-corrected chi connectivity index (χ0v) is 11.1. The minimum atomic E-state index is -0.433. The molecule has 0 spiro atoms. The standard InChI is InChI=1S/C16H18O3/c1-12(17)19-16(14-10-6-3-7-11-14)15(18)13-8-4-2-5-9-13/h2,4-5,8-9H,3,6-7,10-11H2,1H3. The van der Waals surface area contributed by atoms with Crippen LogP contribution in [0.15, 0.2) is 41.7 Å². The Morgan fingerprint density at radius 1 is 1.00 bits per heavy atom. The van der Waals surface area contributed by atoms with Gasteiger partial charge in [-0.1, -0.05) is 36.8 Å². The molecule has 0 unspecified atom stereocenters. The van der Waals surface area contributed by atoms with Crippen LogP contribution in [0.25, 0.3) is 0 Å². The van der Waals surface area contributed by atoms with Gasteiger partial charge in [-0.25, -0.2) is 0 Å². The molecule has 1 aromatic rings. The first-order valence-corrected chi connectivity index (χ1v) is 6.68. The van der Waals surface area contributed by atoms with E-state index in [2.05, 4.69) is 0 Å². The van der Waals surface area contributed by atoms with Crippen molar-refractivity contribution in [2.45, 2.75) is 39.0 Å². The van der Waals surface area contributed by atoms with E-state index < -0.39 is 5.97 Å². The van der Waals surface area contributed by atoms with E-state index >= 15 is 0 Å². The molecule has 0 radical (unpaired) electrons. The molecule has 1 aliphatic carbocycles. The van der Waals surface area contributed by atoms with Crippen molar-refractivity contribution in [2.75, 3.05) is 0 Å². The molecule has 0 heterocycles. The molecule has 3 heteroatoms. The summed E-state index contributed by atoms with van der Waals surface area (Å²) in [5, 5.41) is 0. The molecule has 0 amide bonds. The number of allylic oxidation sites excluding steroid dienone is 2. The zero-order valence-electron chi connectivity index (χ0n) is 11.1. The van der Waals surface area contributed by atoms with E-state index in [1.165, 1.54) is 13.3 Å².